The van der Waals surface area contributed by atoms with Crippen LogP contribution < -0.4 is 10.7 Å². The minimum Gasteiger partial charge on any atom is -0.350 e. The molecule has 1 aromatic carbocycles. The first-order chi connectivity index (χ1) is 14.7. The standard InChI is InChI=1S/C21H16F3N5O2/c1-11-3-2-4-25-17(11)10-26-20(31)16-7-18(30)14-5-12(13-8-27-28-9-13)6-15(19(14)29-16)21(22,23)24/h2-9H,10H2,1H3,(H,26,31)(H,27,28)(H,29,30). The van der Waals surface area contributed by atoms with Crippen LogP contribution in [0, 0.1) is 6.92 Å². The second-order valence-corrected chi connectivity index (χ2v) is 6.93. The van der Waals surface area contributed by atoms with Gasteiger partial charge in [0.1, 0.15) is 5.69 Å². The Morgan fingerprint density at radius 2 is 2.00 bits per heavy atom. The smallest absolute Gasteiger partial charge is 0.350 e. The number of pyridine rings is 2. The van der Waals surface area contributed by atoms with E-state index >= 15 is 0 Å². The van der Waals surface area contributed by atoms with E-state index in [0.717, 1.165) is 17.7 Å². The number of aromatic amines is 2. The number of fused-ring (bicyclic) bond motifs is 1. The Bertz CT molecular complexity index is 1330. The number of aromatic nitrogens is 4. The maximum absolute atomic E-state index is 13.8. The fourth-order valence-electron chi connectivity index (χ4n) is 3.23. The third kappa shape index (κ3) is 4.04. The number of nitrogens with one attached hydrogen (secondary N) is 3. The van der Waals surface area contributed by atoms with Crippen LogP contribution in [0.3, 0.4) is 0 Å². The van der Waals surface area contributed by atoms with Crippen LogP contribution in [0.25, 0.3) is 22.0 Å². The molecule has 4 aromatic rings. The first kappa shape index (κ1) is 20.3. The first-order valence-electron chi connectivity index (χ1n) is 9.20. The van der Waals surface area contributed by atoms with Gasteiger partial charge in [0.05, 0.1) is 29.5 Å². The number of rotatable bonds is 4. The number of aryl methyl sites for hydroxylation is 1. The number of benzene rings is 1. The Morgan fingerprint density at radius 3 is 2.68 bits per heavy atom. The van der Waals surface area contributed by atoms with E-state index in [1.54, 1.807) is 12.3 Å². The van der Waals surface area contributed by atoms with Crippen molar-refractivity contribution in [2.75, 3.05) is 0 Å². The van der Waals surface area contributed by atoms with Crippen molar-refractivity contribution < 1.29 is 18.0 Å². The molecule has 4 rings (SSSR count). The lowest BCUT2D eigenvalue weighted by molar-refractivity contribution is -0.136. The molecule has 7 nitrogen and oxygen atoms in total. The molecule has 0 aliphatic carbocycles. The maximum atomic E-state index is 13.8. The number of hydrogen-bond acceptors (Lipinski definition) is 4. The van der Waals surface area contributed by atoms with Crippen molar-refractivity contribution in [3.05, 3.63) is 81.7 Å². The summed E-state index contributed by atoms with van der Waals surface area (Å²) < 4.78 is 41.3. The van der Waals surface area contributed by atoms with Crippen molar-refractivity contribution in [3.8, 4) is 11.1 Å². The number of halogens is 3. The molecule has 3 N–H and O–H groups in total. The number of carbonyl (C=O) groups is 1. The number of alkyl halides is 3. The van der Waals surface area contributed by atoms with Gasteiger partial charge in [0.2, 0.25) is 0 Å². The summed E-state index contributed by atoms with van der Waals surface area (Å²) in [5.74, 6) is -0.712. The molecular formula is C21H16F3N5O2. The molecule has 3 heterocycles. The highest BCUT2D eigenvalue weighted by molar-refractivity contribution is 5.96. The van der Waals surface area contributed by atoms with Crippen molar-refractivity contribution in [1.82, 2.24) is 25.5 Å². The predicted molar refractivity (Wildman–Crippen MR) is 107 cm³/mol. The van der Waals surface area contributed by atoms with Crippen LogP contribution in [0.15, 0.2) is 53.7 Å². The molecule has 0 bridgehead atoms. The van der Waals surface area contributed by atoms with E-state index in [1.165, 1.54) is 18.5 Å². The van der Waals surface area contributed by atoms with Gasteiger partial charge >= 0.3 is 6.18 Å². The first-order valence-corrected chi connectivity index (χ1v) is 9.20. The van der Waals surface area contributed by atoms with Crippen LogP contribution >= 0.6 is 0 Å². The number of amides is 1. The van der Waals surface area contributed by atoms with Gasteiger partial charge in [0, 0.05) is 29.4 Å². The van der Waals surface area contributed by atoms with Gasteiger partial charge in [-0.15, -0.1) is 0 Å². The van der Waals surface area contributed by atoms with Crippen molar-refractivity contribution in [2.24, 2.45) is 0 Å². The summed E-state index contributed by atoms with van der Waals surface area (Å²) >= 11 is 0. The Labute approximate surface area is 173 Å². The van der Waals surface area contributed by atoms with Crippen LogP contribution in [0.4, 0.5) is 13.2 Å². The number of carbonyl (C=O) groups excluding carboxylic acids is 1. The summed E-state index contributed by atoms with van der Waals surface area (Å²) in [6.07, 6.45) is -0.394. The highest BCUT2D eigenvalue weighted by atomic mass is 19.4. The largest absolute Gasteiger partial charge is 0.418 e. The second kappa shape index (κ2) is 7.71. The highest BCUT2D eigenvalue weighted by Gasteiger charge is 2.34. The fraction of sp³-hybridized carbons (Fsp3) is 0.143. The van der Waals surface area contributed by atoms with Gasteiger partial charge in [-0.25, -0.2) is 0 Å². The van der Waals surface area contributed by atoms with E-state index in [0.29, 0.717) is 11.3 Å². The molecule has 0 aliphatic heterocycles. The normalized spacial score (nSPS) is 11.6. The van der Waals surface area contributed by atoms with Crippen LogP contribution in [0.1, 0.15) is 27.3 Å². The lowest BCUT2D eigenvalue weighted by atomic mass is 10.0. The van der Waals surface area contributed by atoms with Crippen molar-refractivity contribution in [1.29, 1.82) is 0 Å². The van der Waals surface area contributed by atoms with Crippen LogP contribution in [-0.4, -0.2) is 26.1 Å². The number of nitrogens with zero attached hydrogens (tertiary/aromatic N) is 2. The molecule has 10 heteroatoms. The zero-order valence-corrected chi connectivity index (χ0v) is 16.2. The van der Waals surface area contributed by atoms with Crippen LogP contribution in [0.2, 0.25) is 0 Å². The second-order valence-electron chi connectivity index (χ2n) is 6.93. The molecule has 0 fully saturated rings. The topological polar surface area (TPSA) is 104 Å². The van der Waals surface area contributed by atoms with Crippen molar-refractivity contribution in [3.63, 3.8) is 0 Å². The monoisotopic (exact) mass is 427 g/mol. The lowest BCUT2D eigenvalue weighted by Gasteiger charge is -2.14. The molecule has 31 heavy (non-hydrogen) atoms. The minimum atomic E-state index is -4.75. The van der Waals surface area contributed by atoms with E-state index in [2.05, 4.69) is 25.5 Å². The Kier molecular flexibility index (Phi) is 5.05. The molecule has 0 radical (unpaired) electrons. The van der Waals surface area contributed by atoms with Gasteiger partial charge in [-0.05, 0) is 36.2 Å². The quantitative estimate of drug-likeness (QED) is 0.463. The molecule has 0 saturated carbocycles. The summed E-state index contributed by atoms with van der Waals surface area (Å²) in [6, 6.07) is 6.81. The van der Waals surface area contributed by atoms with Crippen molar-refractivity contribution in [2.45, 2.75) is 19.6 Å². The summed E-state index contributed by atoms with van der Waals surface area (Å²) in [4.78, 5) is 31.8. The SMILES string of the molecule is Cc1cccnc1CNC(=O)c1cc(=O)c2cc(-c3cn[nH]c3)cc(C(F)(F)F)c2[nH]1. The fourth-order valence-corrected chi connectivity index (χ4v) is 3.23. The average Bonchev–Trinajstić information content (AvgIpc) is 3.26. The van der Waals surface area contributed by atoms with E-state index in [9.17, 15) is 22.8 Å². The Balaban J connectivity index is 1.77. The predicted octanol–water partition coefficient (Wildman–Crippen LogP) is 3.57. The van der Waals surface area contributed by atoms with Gasteiger partial charge < -0.3 is 10.3 Å². The number of hydrogen-bond donors (Lipinski definition) is 3. The van der Waals surface area contributed by atoms with Gasteiger partial charge in [0.15, 0.2) is 5.43 Å². The zero-order chi connectivity index (χ0) is 22.2. The van der Waals surface area contributed by atoms with E-state index in [-0.39, 0.29) is 23.2 Å². The van der Waals surface area contributed by atoms with Gasteiger partial charge in [-0.2, -0.15) is 18.3 Å². The molecule has 1 amide bonds. The summed E-state index contributed by atoms with van der Waals surface area (Å²) in [5.41, 5.74) is -0.432. The third-order valence-electron chi connectivity index (χ3n) is 4.85. The van der Waals surface area contributed by atoms with Crippen LogP contribution in [-0.2, 0) is 12.7 Å². The molecule has 0 spiro atoms. The van der Waals surface area contributed by atoms with Crippen LogP contribution in [0.5, 0.6) is 0 Å². The molecule has 3 aromatic heterocycles. The lowest BCUT2D eigenvalue weighted by Crippen LogP contribution is -2.26. The van der Waals surface area contributed by atoms with E-state index in [4.69, 9.17) is 0 Å². The van der Waals surface area contributed by atoms with Crippen molar-refractivity contribution >= 4 is 16.8 Å². The number of H-pyrrole nitrogens is 2. The van der Waals surface area contributed by atoms with Gasteiger partial charge in [0.25, 0.3) is 5.91 Å². The molecule has 0 aliphatic rings. The van der Waals surface area contributed by atoms with Gasteiger partial charge in [-0.3, -0.25) is 19.7 Å². The molecule has 0 atom stereocenters. The average molecular weight is 427 g/mol. The van der Waals surface area contributed by atoms with Gasteiger partial charge in [-0.1, -0.05) is 6.07 Å². The third-order valence-corrected chi connectivity index (χ3v) is 4.85. The molecule has 0 saturated heterocycles. The summed E-state index contributed by atoms with van der Waals surface area (Å²) in [5, 5.41) is 8.66. The zero-order valence-electron chi connectivity index (χ0n) is 16.2. The van der Waals surface area contributed by atoms with E-state index < -0.39 is 28.6 Å². The Hall–Kier alpha value is -3.95. The Morgan fingerprint density at radius 1 is 1.19 bits per heavy atom. The molecular weight excluding hydrogens is 411 g/mol. The highest BCUT2D eigenvalue weighted by Crippen LogP contribution is 2.36. The molecule has 0 unspecified atom stereocenters. The minimum absolute atomic E-state index is 0.0666. The molecule has 158 valence electrons. The summed E-state index contributed by atoms with van der Waals surface area (Å²) in [7, 11) is 0. The summed E-state index contributed by atoms with van der Waals surface area (Å²) in [6.45, 7) is 1.89. The van der Waals surface area contributed by atoms with E-state index in [1.807, 2.05) is 13.0 Å². The maximum Gasteiger partial charge on any atom is 0.418 e.